The van der Waals surface area contributed by atoms with E-state index in [1.165, 1.54) is 83.5 Å². The van der Waals surface area contributed by atoms with Gasteiger partial charge in [0.25, 0.3) is 0 Å². The van der Waals surface area contributed by atoms with Crippen LogP contribution in [0.5, 0.6) is 0 Å². The number of aliphatic hydroxyl groups excluding tert-OH is 4. The van der Waals surface area contributed by atoms with Crippen LogP contribution < -0.4 is 0 Å². The average Bonchev–Trinajstić information content (AvgIpc) is 3.10. The van der Waals surface area contributed by atoms with E-state index in [-0.39, 0.29) is 32.0 Å². The summed E-state index contributed by atoms with van der Waals surface area (Å²) in [4.78, 5) is 25.1. The van der Waals surface area contributed by atoms with Crippen LogP contribution in [-0.2, 0) is 28.5 Å². The minimum absolute atomic E-state index is 0.216. The minimum Gasteiger partial charge on any atom is -0.462 e. The van der Waals surface area contributed by atoms with Crippen LogP contribution in [0.3, 0.4) is 0 Å². The largest absolute Gasteiger partial charge is 0.462 e. The summed E-state index contributed by atoms with van der Waals surface area (Å²) >= 11 is 0. The van der Waals surface area contributed by atoms with E-state index in [0.29, 0.717) is 6.42 Å². The van der Waals surface area contributed by atoms with Crippen molar-refractivity contribution >= 4 is 11.9 Å². The molecule has 10 heteroatoms. The van der Waals surface area contributed by atoms with Crippen LogP contribution >= 0.6 is 0 Å². The Morgan fingerprint density at radius 3 is 1.59 bits per heavy atom. The smallest absolute Gasteiger partial charge is 0.306 e. The Kier molecular flexibility index (Phi) is 28.9. The van der Waals surface area contributed by atoms with E-state index in [4.69, 9.17) is 18.9 Å². The average molecular weight is 701 g/mol. The first kappa shape index (κ1) is 45.5. The molecule has 0 aliphatic carbocycles. The van der Waals surface area contributed by atoms with Crippen molar-refractivity contribution in [2.75, 3.05) is 19.8 Å². The van der Waals surface area contributed by atoms with E-state index in [9.17, 15) is 30.0 Å². The normalized spacial score (nSPS) is 21.6. The maximum atomic E-state index is 12.7. The SMILES string of the molecule is CCCCCCC/C=C/CCCCCCCC(=O)O[C@H](COC(=O)CCCCCCCCCCCC)CO[C@@H]1O[C@H](CO)[C@H](O)C(O)C1O. The zero-order valence-electron chi connectivity index (χ0n) is 30.9. The number of unbranched alkanes of at least 4 members (excludes halogenated alkanes) is 19. The molecule has 2 unspecified atom stereocenters. The number of aliphatic hydroxyl groups is 4. The Balaban J connectivity index is 2.39. The molecule has 1 aliphatic rings. The van der Waals surface area contributed by atoms with Crippen LogP contribution in [-0.4, -0.2) is 89.0 Å². The molecular weight excluding hydrogens is 628 g/mol. The number of rotatable bonds is 32. The van der Waals surface area contributed by atoms with Crippen molar-refractivity contribution in [2.24, 2.45) is 0 Å². The van der Waals surface area contributed by atoms with Crippen molar-refractivity contribution in [3.63, 3.8) is 0 Å². The number of esters is 2. The molecule has 0 bridgehead atoms. The molecule has 1 fully saturated rings. The minimum atomic E-state index is -1.59. The molecule has 49 heavy (non-hydrogen) atoms. The maximum absolute atomic E-state index is 12.7. The Bertz CT molecular complexity index is 820. The lowest BCUT2D eigenvalue weighted by Crippen LogP contribution is -2.59. The number of carbonyl (C=O) groups is 2. The Labute approximate surface area is 297 Å². The van der Waals surface area contributed by atoms with Crippen molar-refractivity contribution in [1.82, 2.24) is 0 Å². The monoisotopic (exact) mass is 701 g/mol. The third-order valence-electron chi connectivity index (χ3n) is 9.15. The van der Waals surface area contributed by atoms with Crippen molar-refractivity contribution < 1.29 is 49.0 Å². The Hall–Kier alpha value is -1.56. The van der Waals surface area contributed by atoms with Gasteiger partial charge in [0.1, 0.15) is 31.0 Å². The highest BCUT2D eigenvalue weighted by molar-refractivity contribution is 5.70. The number of ether oxygens (including phenoxy) is 4. The lowest BCUT2D eigenvalue weighted by molar-refractivity contribution is -0.305. The lowest BCUT2D eigenvalue weighted by Gasteiger charge is -2.39. The van der Waals surface area contributed by atoms with Gasteiger partial charge in [0.2, 0.25) is 0 Å². The fourth-order valence-corrected chi connectivity index (χ4v) is 5.95. The van der Waals surface area contributed by atoms with Crippen molar-refractivity contribution in [3.05, 3.63) is 12.2 Å². The molecule has 0 aromatic carbocycles. The Morgan fingerprint density at radius 2 is 1.08 bits per heavy atom. The molecule has 4 N–H and O–H groups in total. The zero-order chi connectivity index (χ0) is 36.0. The molecule has 0 aromatic heterocycles. The van der Waals surface area contributed by atoms with Crippen LogP contribution in [0.1, 0.15) is 168 Å². The van der Waals surface area contributed by atoms with Gasteiger partial charge < -0.3 is 39.4 Å². The first-order chi connectivity index (χ1) is 23.8. The van der Waals surface area contributed by atoms with Gasteiger partial charge in [0.05, 0.1) is 13.2 Å². The molecule has 0 amide bonds. The van der Waals surface area contributed by atoms with Gasteiger partial charge in [-0.15, -0.1) is 0 Å². The third kappa shape index (κ3) is 23.5. The molecule has 0 spiro atoms. The molecule has 6 atom stereocenters. The molecule has 1 heterocycles. The molecule has 10 nitrogen and oxygen atoms in total. The standard InChI is InChI=1S/C39H72O10/c1-3-5-7-9-11-13-15-16-17-18-20-22-24-26-28-35(42)48-32(31-47-39-38(45)37(44)36(43)33(29-40)49-39)30-46-34(41)27-25-23-21-19-14-12-10-8-6-4-2/h15-16,32-33,36-40,43-45H,3-14,17-31H2,1-2H3/b16-15+/t32-,33-,36+,37?,38?,39-/m1/s1. The first-order valence-corrected chi connectivity index (χ1v) is 19.8. The maximum Gasteiger partial charge on any atom is 0.306 e. The first-order valence-electron chi connectivity index (χ1n) is 19.8. The second kappa shape index (κ2) is 31.2. The number of carbonyl (C=O) groups excluding carboxylic acids is 2. The number of hydrogen-bond acceptors (Lipinski definition) is 10. The molecule has 1 aliphatic heterocycles. The second-order valence-corrected chi connectivity index (χ2v) is 13.7. The van der Waals surface area contributed by atoms with Crippen molar-refractivity contribution in [2.45, 2.75) is 205 Å². The number of hydrogen-bond donors (Lipinski definition) is 4. The summed E-state index contributed by atoms with van der Waals surface area (Å²) in [6.07, 6.45) is 22.2. The molecule has 0 aromatic rings. The van der Waals surface area contributed by atoms with Crippen LogP contribution in [0.25, 0.3) is 0 Å². The molecule has 0 radical (unpaired) electrons. The fraction of sp³-hybridized carbons (Fsp3) is 0.897. The predicted octanol–water partition coefficient (Wildman–Crippen LogP) is 7.22. The van der Waals surface area contributed by atoms with E-state index < -0.39 is 49.4 Å². The van der Waals surface area contributed by atoms with Crippen molar-refractivity contribution in [1.29, 1.82) is 0 Å². The summed E-state index contributed by atoms with van der Waals surface area (Å²) < 4.78 is 22.0. The molecule has 1 rings (SSSR count). The van der Waals surface area contributed by atoms with Gasteiger partial charge in [0.15, 0.2) is 12.4 Å². The van der Waals surface area contributed by atoms with E-state index in [1.54, 1.807) is 0 Å². The molecule has 288 valence electrons. The highest BCUT2D eigenvalue weighted by Gasteiger charge is 2.44. The second-order valence-electron chi connectivity index (χ2n) is 13.7. The highest BCUT2D eigenvalue weighted by Crippen LogP contribution is 2.22. The zero-order valence-corrected chi connectivity index (χ0v) is 30.9. The van der Waals surface area contributed by atoms with Crippen LogP contribution in [0, 0.1) is 0 Å². The van der Waals surface area contributed by atoms with Gasteiger partial charge in [-0.25, -0.2) is 0 Å². The summed E-state index contributed by atoms with van der Waals surface area (Å²) in [5.74, 6) is -0.815. The highest BCUT2D eigenvalue weighted by atomic mass is 16.7. The van der Waals surface area contributed by atoms with E-state index in [0.717, 1.165) is 51.4 Å². The van der Waals surface area contributed by atoms with E-state index in [2.05, 4.69) is 26.0 Å². The van der Waals surface area contributed by atoms with Crippen LogP contribution in [0.15, 0.2) is 12.2 Å². The molecule has 0 saturated carbocycles. The van der Waals surface area contributed by atoms with Crippen molar-refractivity contribution in [3.8, 4) is 0 Å². The fourth-order valence-electron chi connectivity index (χ4n) is 5.95. The van der Waals surface area contributed by atoms with Gasteiger partial charge in [-0.3, -0.25) is 9.59 Å². The number of allylic oxidation sites excluding steroid dienone is 2. The summed E-state index contributed by atoms with van der Waals surface area (Å²) in [5.41, 5.74) is 0. The van der Waals surface area contributed by atoms with Gasteiger partial charge in [-0.2, -0.15) is 0 Å². The van der Waals surface area contributed by atoms with Gasteiger partial charge in [-0.05, 0) is 38.5 Å². The Morgan fingerprint density at radius 1 is 0.612 bits per heavy atom. The van der Waals surface area contributed by atoms with E-state index >= 15 is 0 Å². The topological polar surface area (TPSA) is 152 Å². The molecular formula is C39H72O10. The molecule has 1 saturated heterocycles. The van der Waals surface area contributed by atoms with Crippen LogP contribution in [0.2, 0.25) is 0 Å². The van der Waals surface area contributed by atoms with Gasteiger partial charge >= 0.3 is 11.9 Å². The summed E-state index contributed by atoms with van der Waals surface area (Å²) in [7, 11) is 0. The predicted molar refractivity (Wildman–Crippen MR) is 192 cm³/mol. The third-order valence-corrected chi connectivity index (χ3v) is 9.15. The van der Waals surface area contributed by atoms with E-state index in [1.807, 2.05) is 0 Å². The summed E-state index contributed by atoms with van der Waals surface area (Å²) in [6, 6.07) is 0. The van der Waals surface area contributed by atoms with Crippen LogP contribution in [0.4, 0.5) is 0 Å². The summed E-state index contributed by atoms with van der Waals surface area (Å²) in [5, 5.41) is 39.9. The van der Waals surface area contributed by atoms with Gasteiger partial charge in [0, 0.05) is 12.8 Å². The summed E-state index contributed by atoms with van der Waals surface area (Å²) in [6.45, 7) is 3.38. The lowest BCUT2D eigenvalue weighted by atomic mass is 9.99. The van der Waals surface area contributed by atoms with Gasteiger partial charge in [-0.1, -0.05) is 129 Å². The quantitative estimate of drug-likeness (QED) is 0.0322.